The van der Waals surface area contributed by atoms with E-state index in [1.54, 1.807) is 6.20 Å². The fourth-order valence-electron chi connectivity index (χ4n) is 1.48. The molecule has 0 saturated carbocycles. The second-order valence-electron chi connectivity index (χ2n) is 3.92. The van der Waals surface area contributed by atoms with Gasteiger partial charge in [-0.2, -0.15) is 0 Å². The van der Waals surface area contributed by atoms with Crippen LogP contribution in [0.5, 0.6) is 5.88 Å². The van der Waals surface area contributed by atoms with Gasteiger partial charge in [-0.15, -0.1) is 6.58 Å². The van der Waals surface area contributed by atoms with Crippen molar-refractivity contribution in [3.05, 3.63) is 36.5 Å². The molecule has 0 atom stereocenters. The summed E-state index contributed by atoms with van der Waals surface area (Å²) in [4.78, 5) is 4.27. The van der Waals surface area contributed by atoms with Gasteiger partial charge in [-0.1, -0.05) is 19.1 Å². The van der Waals surface area contributed by atoms with Gasteiger partial charge in [-0.05, 0) is 31.9 Å². The average Bonchev–Trinajstić information content (AvgIpc) is 2.36. The van der Waals surface area contributed by atoms with Gasteiger partial charge in [0.2, 0.25) is 5.88 Å². The van der Waals surface area contributed by atoms with Gasteiger partial charge < -0.3 is 10.1 Å². The average molecular weight is 234 g/mol. The number of rotatable bonds is 9. The van der Waals surface area contributed by atoms with Crippen LogP contribution in [0.4, 0.5) is 0 Å². The van der Waals surface area contributed by atoms with Crippen molar-refractivity contribution in [3.63, 3.8) is 0 Å². The largest absolute Gasteiger partial charge is 0.477 e. The molecular formula is C14H22N2O. The van der Waals surface area contributed by atoms with E-state index in [1.807, 2.05) is 12.1 Å². The minimum absolute atomic E-state index is 0.698. The number of allylic oxidation sites excluding steroid dienone is 1. The molecule has 0 aromatic carbocycles. The normalized spacial score (nSPS) is 10.2. The molecule has 0 fully saturated rings. The van der Waals surface area contributed by atoms with Gasteiger partial charge in [0.15, 0.2) is 0 Å². The van der Waals surface area contributed by atoms with Crippen molar-refractivity contribution in [2.24, 2.45) is 0 Å². The van der Waals surface area contributed by atoms with E-state index in [2.05, 4.69) is 29.9 Å². The lowest BCUT2D eigenvalue weighted by molar-refractivity contribution is 0.296. The zero-order valence-corrected chi connectivity index (χ0v) is 10.6. The highest BCUT2D eigenvalue weighted by atomic mass is 16.5. The van der Waals surface area contributed by atoms with Crippen molar-refractivity contribution in [2.75, 3.05) is 13.2 Å². The maximum Gasteiger partial charge on any atom is 0.217 e. The first-order chi connectivity index (χ1) is 8.38. The standard InChI is InChI=1S/C14H22N2O/c1-3-5-6-11-17-14-13(8-7-10-16-14)12-15-9-4-2/h3,7-8,10,15H,1,4-6,9,11-12H2,2H3. The number of unbranched alkanes of at least 4 members (excludes halogenated alkanes) is 1. The van der Waals surface area contributed by atoms with Crippen LogP contribution in [0.2, 0.25) is 0 Å². The molecule has 0 aliphatic carbocycles. The minimum atomic E-state index is 0.698. The Bertz CT molecular complexity index is 326. The molecule has 94 valence electrons. The monoisotopic (exact) mass is 234 g/mol. The van der Waals surface area contributed by atoms with Crippen LogP contribution in [0.15, 0.2) is 31.0 Å². The molecule has 0 saturated heterocycles. The van der Waals surface area contributed by atoms with Gasteiger partial charge >= 0.3 is 0 Å². The van der Waals surface area contributed by atoms with Crippen molar-refractivity contribution in [3.8, 4) is 5.88 Å². The summed E-state index contributed by atoms with van der Waals surface area (Å²) in [6.45, 7) is 8.38. The zero-order chi connectivity index (χ0) is 12.3. The molecule has 1 heterocycles. The molecule has 0 aliphatic rings. The van der Waals surface area contributed by atoms with Crippen molar-refractivity contribution < 1.29 is 4.74 Å². The molecule has 17 heavy (non-hydrogen) atoms. The van der Waals surface area contributed by atoms with Crippen molar-refractivity contribution in [2.45, 2.75) is 32.7 Å². The van der Waals surface area contributed by atoms with Gasteiger partial charge in [-0.3, -0.25) is 0 Å². The quantitative estimate of drug-likeness (QED) is 0.527. The van der Waals surface area contributed by atoms with E-state index in [-0.39, 0.29) is 0 Å². The number of hydrogen-bond donors (Lipinski definition) is 1. The summed E-state index contributed by atoms with van der Waals surface area (Å²) in [5.41, 5.74) is 1.12. The maximum absolute atomic E-state index is 5.67. The molecule has 1 rings (SSSR count). The van der Waals surface area contributed by atoms with Crippen molar-refractivity contribution >= 4 is 0 Å². The Morgan fingerprint density at radius 2 is 2.41 bits per heavy atom. The number of aromatic nitrogens is 1. The highest BCUT2D eigenvalue weighted by Crippen LogP contribution is 2.14. The summed E-state index contributed by atoms with van der Waals surface area (Å²) < 4.78 is 5.67. The maximum atomic E-state index is 5.67. The van der Waals surface area contributed by atoms with Crippen LogP contribution in [0.1, 0.15) is 31.7 Å². The molecule has 1 aromatic rings. The van der Waals surface area contributed by atoms with E-state index in [0.29, 0.717) is 6.61 Å². The molecule has 0 radical (unpaired) electrons. The van der Waals surface area contributed by atoms with Gasteiger partial charge in [0.1, 0.15) is 0 Å². The second-order valence-corrected chi connectivity index (χ2v) is 3.92. The molecule has 3 heteroatoms. The summed E-state index contributed by atoms with van der Waals surface area (Å²) in [5, 5.41) is 3.36. The van der Waals surface area contributed by atoms with E-state index < -0.39 is 0 Å². The fourth-order valence-corrected chi connectivity index (χ4v) is 1.48. The van der Waals surface area contributed by atoms with Gasteiger partial charge in [0, 0.05) is 18.3 Å². The summed E-state index contributed by atoms with van der Waals surface area (Å²) in [6, 6.07) is 4.00. The summed E-state index contributed by atoms with van der Waals surface area (Å²) in [7, 11) is 0. The highest BCUT2D eigenvalue weighted by Gasteiger charge is 2.03. The molecule has 0 unspecified atom stereocenters. The lowest BCUT2D eigenvalue weighted by atomic mass is 10.2. The molecule has 0 spiro atoms. The Kier molecular flexibility index (Phi) is 7.07. The molecule has 0 amide bonds. The Morgan fingerprint density at radius 3 is 3.18 bits per heavy atom. The molecule has 1 N–H and O–H groups in total. The third-order valence-electron chi connectivity index (χ3n) is 2.38. The van der Waals surface area contributed by atoms with Crippen molar-refractivity contribution in [1.29, 1.82) is 0 Å². The van der Waals surface area contributed by atoms with Gasteiger partial charge in [-0.25, -0.2) is 4.98 Å². The number of ether oxygens (including phenoxy) is 1. The van der Waals surface area contributed by atoms with E-state index >= 15 is 0 Å². The predicted octanol–water partition coefficient (Wildman–Crippen LogP) is 2.93. The van der Waals surface area contributed by atoms with E-state index in [9.17, 15) is 0 Å². The lowest BCUT2D eigenvalue weighted by Gasteiger charge is -2.10. The predicted molar refractivity (Wildman–Crippen MR) is 71.2 cm³/mol. The van der Waals surface area contributed by atoms with Crippen LogP contribution < -0.4 is 10.1 Å². The van der Waals surface area contributed by atoms with E-state index in [1.165, 1.54) is 0 Å². The fraction of sp³-hybridized carbons (Fsp3) is 0.500. The third-order valence-corrected chi connectivity index (χ3v) is 2.38. The summed E-state index contributed by atoms with van der Waals surface area (Å²) in [5.74, 6) is 0.750. The van der Waals surface area contributed by atoms with Gasteiger partial charge in [0.05, 0.1) is 6.61 Å². The van der Waals surface area contributed by atoms with E-state index in [0.717, 1.165) is 43.8 Å². The van der Waals surface area contributed by atoms with Crippen LogP contribution in [-0.2, 0) is 6.54 Å². The molecule has 3 nitrogen and oxygen atoms in total. The third kappa shape index (κ3) is 5.50. The Hall–Kier alpha value is -1.35. The Balaban J connectivity index is 2.42. The number of pyridine rings is 1. The molecule has 1 aromatic heterocycles. The zero-order valence-electron chi connectivity index (χ0n) is 10.6. The molecular weight excluding hydrogens is 212 g/mol. The summed E-state index contributed by atoms with van der Waals surface area (Å²) >= 11 is 0. The Morgan fingerprint density at radius 1 is 1.53 bits per heavy atom. The SMILES string of the molecule is C=CCCCOc1ncccc1CNCCC. The van der Waals surface area contributed by atoms with E-state index in [4.69, 9.17) is 4.74 Å². The topological polar surface area (TPSA) is 34.1 Å². The Labute approximate surface area is 104 Å². The first-order valence-electron chi connectivity index (χ1n) is 6.26. The van der Waals surface area contributed by atoms with Crippen molar-refractivity contribution in [1.82, 2.24) is 10.3 Å². The minimum Gasteiger partial charge on any atom is -0.477 e. The van der Waals surface area contributed by atoms with Crippen LogP contribution in [0.25, 0.3) is 0 Å². The van der Waals surface area contributed by atoms with Crippen LogP contribution >= 0.6 is 0 Å². The second kappa shape index (κ2) is 8.76. The number of nitrogens with one attached hydrogen (secondary N) is 1. The van der Waals surface area contributed by atoms with Crippen LogP contribution in [0.3, 0.4) is 0 Å². The highest BCUT2D eigenvalue weighted by molar-refractivity contribution is 5.25. The molecule has 0 aliphatic heterocycles. The summed E-state index contributed by atoms with van der Waals surface area (Å²) in [6.07, 6.45) is 6.78. The number of hydrogen-bond acceptors (Lipinski definition) is 3. The van der Waals surface area contributed by atoms with Gasteiger partial charge in [0.25, 0.3) is 0 Å². The van der Waals surface area contributed by atoms with Crippen LogP contribution in [0, 0.1) is 0 Å². The lowest BCUT2D eigenvalue weighted by Crippen LogP contribution is -2.15. The molecule has 0 bridgehead atoms. The smallest absolute Gasteiger partial charge is 0.217 e. The van der Waals surface area contributed by atoms with Crippen LogP contribution in [-0.4, -0.2) is 18.1 Å². The number of nitrogens with zero attached hydrogens (tertiary/aromatic N) is 1. The first kappa shape index (κ1) is 13.7. The first-order valence-corrected chi connectivity index (χ1v) is 6.26.